The SMILES string of the molecule is CCCN1NNNC1=NCc1cccc(OC)c1OC. The lowest BCUT2D eigenvalue weighted by Gasteiger charge is -2.15. The number of hydrazine groups is 3. The normalized spacial score (nSPS) is 16.4. The van der Waals surface area contributed by atoms with Crippen LogP contribution in [0.5, 0.6) is 11.5 Å². The Bertz CT molecular complexity index is 478. The number of guanidine groups is 1. The number of para-hydroxylation sites is 1. The van der Waals surface area contributed by atoms with Crippen molar-refractivity contribution in [1.82, 2.24) is 21.5 Å². The van der Waals surface area contributed by atoms with E-state index in [1.807, 2.05) is 23.2 Å². The number of rotatable bonds is 6. The quantitative estimate of drug-likeness (QED) is 0.715. The van der Waals surface area contributed by atoms with Gasteiger partial charge in [-0.15, -0.1) is 5.53 Å². The molecule has 1 aliphatic heterocycles. The van der Waals surface area contributed by atoms with Crippen LogP contribution in [0.1, 0.15) is 18.9 Å². The van der Waals surface area contributed by atoms with E-state index in [4.69, 9.17) is 9.47 Å². The average Bonchev–Trinajstić information content (AvgIpc) is 2.92. The number of nitrogens with zero attached hydrogens (tertiary/aromatic N) is 2. The third kappa shape index (κ3) is 3.12. The molecule has 2 rings (SSSR count). The highest BCUT2D eigenvalue weighted by Crippen LogP contribution is 2.31. The molecule has 1 aliphatic rings. The molecule has 1 saturated heterocycles. The van der Waals surface area contributed by atoms with Crippen LogP contribution in [0.2, 0.25) is 0 Å². The van der Waals surface area contributed by atoms with Gasteiger partial charge in [0.2, 0.25) is 5.96 Å². The topological polar surface area (TPSA) is 70.2 Å². The van der Waals surface area contributed by atoms with Gasteiger partial charge in [-0.2, -0.15) is 5.53 Å². The van der Waals surface area contributed by atoms with E-state index < -0.39 is 0 Å². The molecule has 20 heavy (non-hydrogen) atoms. The third-order valence-electron chi connectivity index (χ3n) is 2.95. The number of ether oxygens (including phenoxy) is 2. The third-order valence-corrected chi connectivity index (χ3v) is 2.95. The molecule has 1 fully saturated rings. The second-order valence-corrected chi connectivity index (χ2v) is 4.31. The van der Waals surface area contributed by atoms with Gasteiger partial charge in [-0.3, -0.25) is 10.4 Å². The fourth-order valence-corrected chi connectivity index (χ4v) is 2.02. The molecule has 0 amide bonds. The van der Waals surface area contributed by atoms with Crippen molar-refractivity contribution in [3.63, 3.8) is 0 Å². The predicted molar refractivity (Wildman–Crippen MR) is 77.1 cm³/mol. The Morgan fingerprint density at radius 1 is 1.25 bits per heavy atom. The van der Waals surface area contributed by atoms with Crippen LogP contribution in [0.15, 0.2) is 23.2 Å². The van der Waals surface area contributed by atoms with Crippen molar-refractivity contribution in [2.75, 3.05) is 20.8 Å². The summed E-state index contributed by atoms with van der Waals surface area (Å²) in [6.45, 7) is 3.49. The summed E-state index contributed by atoms with van der Waals surface area (Å²) in [7, 11) is 3.26. The molecule has 7 heteroatoms. The van der Waals surface area contributed by atoms with Crippen LogP contribution in [0.25, 0.3) is 0 Å². The maximum atomic E-state index is 5.40. The van der Waals surface area contributed by atoms with Gasteiger partial charge in [0.1, 0.15) is 0 Å². The second kappa shape index (κ2) is 6.97. The van der Waals surface area contributed by atoms with E-state index in [9.17, 15) is 0 Å². The molecule has 0 spiro atoms. The van der Waals surface area contributed by atoms with Crippen molar-refractivity contribution in [2.24, 2.45) is 4.99 Å². The van der Waals surface area contributed by atoms with Crippen molar-refractivity contribution >= 4 is 5.96 Å². The number of nitrogens with one attached hydrogen (secondary N) is 3. The highest BCUT2D eigenvalue weighted by Gasteiger charge is 2.16. The first-order valence-electron chi connectivity index (χ1n) is 6.58. The average molecular weight is 279 g/mol. The van der Waals surface area contributed by atoms with Crippen LogP contribution in [-0.4, -0.2) is 31.7 Å². The van der Waals surface area contributed by atoms with E-state index in [-0.39, 0.29) is 0 Å². The predicted octanol–water partition coefficient (Wildman–Crippen LogP) is 0.799. The molecule has 110 valence electrons. The molecule has 7 nitrogen and oxygen atoms in total. The minimum absolute atomic E-state index is 0.506. The van der Waals surface area contributed by atoms with Crippen LogP contribution >= 0.6 is 0 Å². The van der Waals surface area contributed by atoms with Gasteiger partial charge in [0.25, 0.3) is 0 Å². The summed E-state index contributed by atoms with van der Waals surface area (Å²) >= 11 is 0. The Balaban J connectivity index is 2.14. The number of benzene rings is 1. The molecule has 0 radical (unpaired) electrons. The van der Waals surface area contributed by atoms with Crippen molar-refractivity contribution in [1.29, 1.82) is 0 Å². The standard InChI is InChI=1S/C13H21N5O2/c1-4-8-18-13(15-16-17-18)14-9-10-6-5-7-11(19-2)12(10)20-3/h5-7,16-17H,4,8-9H2,1-3H3,(H,14,15). The maximum absolute atomic E-state index is 5.40. The Morgan fingerprint density at radius 3 is 2.80 bits per heavy atom. The molecule has 0 saturated carbocycles. The Hall–Kier alpha value is -1.99. The minimum atomic E-state index is 0.506. The molecule has 1 heterocycles. The molecule has 0 aromatic heterocycles. The van der Waals surface area contributed by atoms with Crippen LogP contribution in [-0.2, 0) is 6.54 Å². The summed E-state index contributed by atoms with van der Waals surface area (Å²) in [6.07, 6.45) is 1.03. The van der Waals surface area contributed by atoms with Gasteiger partial charge in [-0.1, -0.05) is 19.1 Å². The highest BCUT2D eigenvalue weighted by atomic mass is 16.5. The van der Waals surface area contributed by atoms with Crippen molar-refractivity contribution < 1.29 is 9.47 Å². The Kier molecular flexibility index (Phi) is 5.03. The Labute approximate surface area is 118 Å². The van der Waals surface area contributed by atoms with Gasteiger partial charge in [0.15, 0.2) is 11.5 Å². The first kappa shape index (κ1) is 14.4. The van der Waals surface area contributed by atoms with Gasteiger partial charge in [0, 0.05) is 12.1 Å². The zero-order chi connectivity index (χ0) is 14.4. The first-order valence-corrected chi connectivity index (χ1v) is 6.58. The lowest BCUT2D eigenvalue weighted by atomic mass is 10.2. The van der Waals surface area contributed by atoms with Crippen LogP contribution < -0.4 is 26.0 Å². The van der Waals surface area contributed by atoms with Crippen molar-refractivity contribution in [3.8, 4) is 11.5 Å². The van der Waals surface area contributed by atoms with Gasteiger partial charge in [-0.05, 0) is 12.5 Å². The van der Waals surface area contributed by atoms with Crippen LogP contribution in [0.4, 0.5) is 0 Å². The van der Waals surface area contributed by atoms with Gasteiger partial charge in [-0.25, -0.2) is 4.99 Å². The number of methoxy groups -OCH3 is 2. The zero-order valence-corrected chi connectivity index (χ0v) is 12.1. The fraction of sp³-hybridized carbons (Fsp3) is 0.462. The molecule has 0 aliphatic carbocycles. The summed E-state index contributed by atoms with van der Waals surface area (Å²) in [5, 5.41) is 1.92. The molecule has 1 aromatic carbocycles. The monoisotopic (exact) mass is 279 g/mol. The highest BCUT2D eigenvalue weighted by molar-refractivity contribution is 5.80. The lowest BCUT2D eigenvalue weighted by Crippen LogP contribution is -2.38. The number of hydrogen-bond donors (Lipinski definition) is 3. The molecule has 1 aromatic rings. The summed E-state index contributed by atoms with van der Waals surface area (Å²) in [4.78, 5) is 4.55. The van der Waals surface area contributed by atoms with E-state index in [2.05, 4.69) is 28.4 Å². The molecule has 0 bridgehead atoms. The molecular weight excluding hydrogens is 258 g/mol. The summed E-state index contributed by atoms with van der Waals surface area (Å²) < 4.78 is 10.7. The van der Waals surface area contributed by atoms with E-state index in [1.165, 1.54) is 0 Å². The van der Waals surface area contributed by atoms with Crippen molar-refractivity contribution in [2.45, 2.75) is 19.9 Å². The molecular formula is C13H21N5O2. The van der Waals surface area contributed by atoms with E-state index >= 15 is 0 Å². The Morgan fingerprint density at radius 2 is 2.10 bits per heavy atom. The van der Waals surface area contributed by atoms with Gasteiger partial charge >= 0.3 is 0 Å². The smallest absolute Gasteiger partial charge is 0.225 e. The van der Waals surface area contributed by atoms with E-state index in [0.29, 0.717) is 12.3 Å². The van der Waals surface area contributed by atoms with Gasteiger partial charge < -0.3 is 9.47 Å². The summed E-state index contributed by atoms with van der Waals surface area (Å²) in [6, 6.07) is 5.78. The summed E-state index contributed by atoms with van der Waals surface area (Å²) in [5.74, 6) is 2.20. The molecule has 0 unspecified atom stereocenters. The van der Waals surface area contributed by atoms with Crippen molar-refractivity contribution in [3.05, 3.63) is 23.8 Å². The fourth-order valence-electron chi connectivity index (χ4n) is 2.02. The van der Waals surface area contributed by atoms with Gasteiger partial charge in [0.05, 0.1) is 20.8 Å². The number of aliphatic imine (C=N–C) groups is 1. The zero-order valence-electron chi connectivity index (χ0n) is 12.1. The largest absolute Gasteiger partial charge is 0.493 e. The first-order chi connectivity index (χ1) is 9.80. The summed E-state index contributed by atoms with van der Waals surface area (Å²) in [5.41, 5.74) is 9.76. The maximum Gasteiger partial charge on any atom is 0.225 e. The van der Waals surface area contributed by atoms with Crippen LogP contribution in [0, 0.1) is 0 Å². The lowest BCUT2D eigenvalue weighted by molar-refractivity contribution is 0.301. The van der Waals surface area contributed by atoms with E-state index in [1.54, 1.807) is 14.2 Å². The molecule has 0 atom stereocenters. The van der Waals surface area contributed by atoms with Crippen LogP contribution in [0.3, 0.4) is 0 Å². The second-order valence-electron chi connectivity index (χ2n) is 4.31. The molecule has 3 N–H and O–H groups in total. The number of hydrogen-bond acceptors (Lipinski definition) is 5. The minimum Gasteiger partial charge on any atom is -0.493 e. The van der Waals surface area contributed by atoms with E-state index in [0.717, 1.165) is 30.2 Å².